The second-order valence-corrected chi connectivity index (χ2v) is 9.40. The number of rotatable bonds is 16. The van der Waals surface area contributed by atoms with Gasteiger partial charge in [-0.2, -0.15) is 0 Å². The van der Waals surface area contributed by atoms with Crippen molar-refractivity contribution in [2.75, 3.05) is 31.8 Å². The number of anilines is 1. The largest absolute Gasteiger partial charge is 0.493 e. The molecule has 3 rings (SSSR count). The lowest BCUT2D eigenvalue weighted by Gasteiger charge is -2.27. The number of hydrogen-bond acceptors (Lipinski definition) is 7. The highest BCUT2D eigenvalue weighted by molar-refractivity contribution is 6.39. The molecule has 0 aromatic heterocycles. The van der Waals surface area contributed by atoms with Crippen LogP contribution in [-0.4, -0.2) is 44.8 Å². The van der Waals surface area contributed by atoms with Gasteiger partial charge in [0.1, 0.15) is 5.57 Å². The second kappa shape index (κ2) is 15.5. The summed E-state index contributed by atoms with van der Waals surface area (Å²) >= 11 is 0. The maximum absolute atomic E-state index is 13.4. The summed E-state index contributed by atoms with van der Waals surface area (Å²) in [6, 6.07) is 9.12. The Morgan fingerprint density at radius 2 is 1.45 bits per heavy atom. The number of unbranched alkanes of at least 4 members (excludes halogenated alkanes) is 5. The molecule has 1 aliphatic rings. The Morgan fingerprint density at radius 1 is 0.750 bits per heavy atom. The number of urea groups is 1. The number of barbiturate groups is 1. The van der Waals surface area contributed by atoms with Crippen molar-refractivity contribution in [3.05, 3.63) is 47.5 Å². The van der Waals surface area contributed by atoms with E-state index in [0.717, 1.165) is 24.2 Å². The number of amides is 4. The molecule has 0 saturated carbocycles. The molecule has 216 valence electrons. The van der Waals surface area contributed by atoms with Gasteiger partial charge in [-0.25, -0.2) is 9.69 Å². The number of nitrogens with zero attached hydrogens (tertiary/aromatic N) is 1. The molecule has 1 aliphatic heterocycles. The molecule has 4 amide bonds. The first-order valence-electron chi connectivity index (χ1n) is 14.0. The van der Waals surface area contributed by atoms with Gasteiger partial charge in [0.25, 0.3) is 11.8 Å². The average molecular weight is 553 g/mol. The number of hydrogen-bond donors (Lipinski definition) is 1. The molecule has 1 fully saturated rings. The number of nitrogens with one attached hydrogen (secondary N) is 1. The Hall–Kier alpha value is -4.01. The molecule has 0 radical (unpaired) electrons. The Morgan fingerprint density at radius 3 is 2.17 bits per heavy atom. The first-order valence-corrected chi connectivity index (χ1v) is 14.0. The number of benzene rings is 2. The van der Waals surface area contributed by atoms with Gasteiger partial charge in [-0.3, -0.25) is 14.9 Å². The Labute approximate surface area is 236 Å². The molecular weight excluding hydrogens is 512 g/mol. The minimum absolute atomic E-state index is 0.188. The first kappa shape index (κ1) is 30.5. The third kappa shape index (κ3) is 8.00. The summed E-state index contributed by atoms with van der Waals surface area (Å²) in [6.07, 6.45) is 9.21. The van der Waals surface area contributed by atoms with Gasteiger partial charge in [0.2, 0.25) is 0 Å². The lowest BCUT2D eigenvalue weighted by atomic mass is 10.1. The van der Waals surface area contributed by atoms with E-state index in [1.807, 2.05) is 13.8 Å². The Balaban J connectivity index is 1.79. The summed E-state index contributed by atoms with van der Waals surface area (Å²) in [5, 5.41) is 2.25. The van der Waals surface area contributed by atoms with Crippen LogP contribution in [0.25, 0.3) is 6.08 Å². The topological polar surface area (TPSA) is 103 Å². The lowest BCUT2D eigenvalue weighted by molar-refractivity contribution is -0.122. The summed E-state index contributed by atoms with van der Waals surface area (Å²) in [6.45, 7) is 7.46. The smallest absolute Gasteiger partial charge is 0.335 e. The minimum Gasteiger partial charge on any atom is -0.493 e. The number of carbonyl (C=O) groups is 3. The zero-order valence-corrected chi connectivity index (χ0v) is 23.9. The van der Waals surface area contributed by atoms with Crippen LogP contribution in [0.3, 0.4) is 0 Å². The van der Waals surface area contributed by atoms with Crippen molar-refractivity contribution in [3.8, 4) is 23.0 Å². The molecule has 9 heteroatoms. The summed E-state index contributed by atoms with van der Waals surface area (Å²) in [7, 11) is 1.53. The van der Waals surface area contributed by atoms with Crippen LogP contribution in [0.4, 0.5) is 10.5 Å². The van der Waals surface area contributed by atoms with Crippen LogP contribution in [0.5, 0.6) is 23.0 Å². The minimum atomic E-state index is -0.840. The van der Waals surface area contributed by atoms with Crippen LogP contribution in [-0.2, 0) is 9.59 Å². The maximum Gasteiger partial charge on any atom is 0.335 e. The van der Waals surface area contributed by atoms with Crippen LogP contribution in [0.2, 0.25) is 0 Å². The molecule has 1 N–H and O–H groups in total. The van der Waals surface area contributed by atoms with Crippen molar-refractivity contribution in [2.24, 2.45) is 0 Å². The van der Waals surface area contributed by atoms with Gasteiger partial charge < -0.3 is 18.9 Å². The van der Waals surface area contributed by atoms with E-state index in [0.29, 0.717) is 48.4 Å². The Bertz CT molecular complexity index is 1210. The van der Waals surface area contributed by atoms with E-state index in [-0.39, 0.29) is 11.3 Å². The van der Waals surface area contributed by atoms with Gasteiger partial charge in [-0.05, 0) is 55.7 Å². The van der Waals surface area contributed by atoms with Crippen LogP contribution >= 0.6 is 0 Å². The summed E-state index contributed by atoms with van der Waals surface area (Å²) in [5.74, 6) is 0.458. The average Bonchev–Trinajstić information content (AvgIpc) is 2.94. The fourth-order valence-electron chi connectivity index (χ4n) is 4.25. The lowest BCUT2D eigenvalue weighted by Crippen LogP contribution is -2.54. The molecule has 0 unspecified atom stereocenters. The number of carbonyl (C=O) groups excluding carboxylic acids is 3. The van der Waals surface area contributed by atoms with E-state index >= 15 is 0 Å². The van der Waals surface area contributed by atoms with E-state index in [4.69, 9.17) is 18.9 Å². The summed E-state index contributed by atoms with van der Waals surface area (Å²) in [5.41, 5.74) is 0.616. The highest BCUT2D eigenvalue weighted by Gasteiger charge is 2.37. The van der Waals surface area contributed by atoms with Crippen LogP contribution in [0, 0.1) is 0 Å². The third-order valence-electron chi connectivity index (χ3n) is 6.30. The predicted molar refractivity (Wildman–Crippen MR) is 154 cm³/mol. The van der Waals surface area contributed by atoms with Crippen molar-refractivity contribution in [1.82, 2.24) is 5.32 Å². The number of methoxy groups -OCH3 is 1. The van der Waals surface area contributed by atoms with Crippen LogP contribution < -0.4 is 29.2 Å². The molecule has 0 aliphatic carbocycles. The third-order valence-corrected chi connectivity index (χ3v) is 6.30. The van der Waals surface area contributed by atoms with E-state index in [2.05, 4.69) is 12.2 Å². The van der Waals surface area contributed by atoms with Crippen LogP contribution in [0.1, 0.15) is 71.3 Å². The molecule has 0 atom stereocenters. The van der Waals surface area contributed by atoms with E-state index in [1.54, 1.807) is 36.4 Å². The molecule has 1 heterocycles. The molecule has 40 heavy (non-hydrogen) atoms. The number of ether oxygens (including phenoxy) is 4. The van der Waals surface area contributed by atoms with E-state index < -0.39 is 17.8 Å². The summed E-state index contributed by atoms with van der Waals surface area (Å²) < 4.78 is 22.8. The summed E-state index contributed by atoms with van der Waals surface area (Å²) in [4.78, 5) is 39.7. The van der Waals surface area contributed by atoms with E-state index in [1.165, 1.54) is 38.9 Å². The van der Waals surface area contributed by atoms with Gasteiger partial charge in [0.05, 0.1) is 32.6 Å². The SMILES string of the molecule is CCCCCCCCOc1ccc(/C=C2\C(=O)NC(=O)N(c3ccc(OCCC)c(OCC)c3)C2=O)cc1OC. The maximum atomic E-state index is 13.4. The highest BCUT2D eigenvalue weighted by Crippen LogP contribution is 2.34. The zero-order valence-electron chi connectivity index (χ0n) is 23.9. The normalized spacial score (nSPS) is 14.3. The first-order chi connectivity index (χ1) is 19.4. The quantitative estimate of drug-likeness (QED) is 0.148. The van der Waals surface area contributed by atoms with Gasteiger partial charge in [0.15, 0.2) is 23.0 Å². The molecule has 1 saturated heterocycles. The van der Waals surface area contributed by atoms with Gasteiger partial charge in [-0.1, -0.05) is 52.0 Å². The molecule has 0 bridgehead atoms. The zero-order chi connectivity index (χ0) is 28.9. The Kier molecular flexibility index (Phi) is 11.9. The predicted octanol–water partition coefficient (Wildman–Crippen LogP) is 6.29. The molecule has 2 aromatic carbocycles. The molecule has 2 aromatic rings. The van der Waals surface area contributed by atoms with Crippen molar-refractivity contribution in [3.63, 3.8) is 0 Å². The molecule has 0 spiro atoms. The van der Waals surface area contributed by atoms with Crippen molar-refractivity contribution >= 4 is 29.6 Å². The van der Waals surface area contributed by atoms with Crippen molar-refractivity contribution < 1.29 is 33.3 Å². The van der Waals surface area contributed by atoms with Gasteiger partial charge in [-0.15, -0.1) is 0 Å². The van der Waals surface area contributed by atoms with Crippen LogP contribution in [0.15, 0.2) is 42.0 Å². The fourth-order valence-corrected chi connectivity index (χ4v) is 4.25. The highest BCUT2D eigenvalue weighted by atomic mass is 16.5. The monoisotopic (exact) mass is 552 g/mol. The van der Waals surface area contributed by atoms with Crippen molar-refractivity contribution in [1.29, 1.82) is 0 Å². The van der Waals surface area contributed by atoms with Gasteiger partial charge >= 0.3 is 6.03 Å². The molecule has 9 nitrogen and oxygen atoms in total. The van der Waals surface area contributed by atoms with Gasteiger partial charge in [0, 0.05) is 6.07 Å². The van der Waals surface area contributed by atoms with Crippen molar-refractivity contribution in [2.45, 2.75) is 65.7 Å². The fraction of sp³-hybridized carbons (Fsp3) is 0.452. The standard InChI is InChI=1S/C31H40N2O7/c1-5-8-9-10-11-12-18-40-25-15-13-22(20-27(25)37-4)19-24-29(34)32-31(36)33(30(24)35)23-14-16-26(39-17-6-2)28(21-23)38-7-3/h13-16,19-21H,5-12,17-18H2,1-4H3,(H,32,34,36)/b24-19+. The molecular formula is C31H40N2O7. The number of imide groups is 2. The second-order valence-electron chi connectivity index (χ2n) is 9.40. The van der Waals surface area contributed by atoms with E-state index in [9.17, 15) is 14.4 Å².